The van der Waals surface area contributed by atoms with E-state index in [4.69, 9.17) is 9.84 Å². The van der Waals surface area contributed by atoms with E-state index in [0.29, 0.717) is 23.9 Å². The van der Waals surface area contributed by atoms with Crippen LogP contribution in [0.4, 0.5) is 0 Å². The molecule has 1 unspecified atom stereocenters. The summed E-state index contributed by atoms with van der Waals surface area (Å²) in [7, 11) is 5.70. The summed E-state index contributed by atoms with van der Waals surface area (Å²) < 4.78 is 5.76. The molecule has 0 radical (unpaired) electrons. The second-order valence-electron chi connectivity index (χ2n) is 7.16. The van der Waals surface area contributed by atoms with Gasteiger partial charge >= 0.3 is 11.9 Å². The summed E-state index contributed by atoms with van der Waals surface area (Å²) in [6.07, 6.45) is 9.64. The number of carboxylic acids is 2. The van der Waals surface area contributed by atoms with Gasteiger partial charge in [0.1, 0.15) is 6.54 Å². The number of ether oxygens (including phenoxy) is 1. The predicted octanol–water partition coefficient (Wildman–Crippen LogP) is 1.28. The molecule has 0 bridgehead atoms. The van der Waals surface area contributed by atoms with Crippen LogP contribution in [-0.4, -0.2) is 61.3 Å². The van der Waals surface area contributed by atoms with Crippen LogP contribution in [0.15, 0.2) is 24.3 Å². The van der Waals surface area contributed by atoms with Crippen molar-refractivity contribution in [2.45, 2.75) is 51.0 Å². The maximum atomic E-state index is 11.9. The fraction of sp³-hybridized carbons (Fsp3) is 0.632. The molecular weight excluding hydrogens is 338 g/mol. The van der Waals surface area contributed by atoms with Gasteiger partial charge in [0.2, 0.25) is 0 Å². The standard InChI is InChI=1S/C19H31NO6/c1-20(2,3)15-16(14-18(23)24)26-19(25)13-11-9-7-5-4-6-8-10-12-17(21)22/h5-8,16H,4,9-15H2,1-3H3,(H-,21,22,23,24)/b7-5+,8-6+. The van der Waals surface area contributed by atoms with Crippen LogP contribution < -0.4 is 5.11 Å². The highest BCUT2D eigenvalue weighted by atomic mass is 16.5. The van der Waals surface area contributed by atoms with Crippen molar-refractivity contribution in [3.05, 3.63) is 24.3 Å². The first-order chi connectivity index (χ1) is 12.1. The molecule has 0 saturated heterocycles. The molecule has 0 rings (SSSR count). The van der Waals surface area contributed by atoms with Crippen LogP contribution in [0, 0.1) is 0 Å². The topological polar surface area (TPSA) is 104 Å². The van der Waals surface area contributed by atoms with Gasteiger partial charge in [-0.2, -0.15) is 0 Å². The smallest absolute Gasteiger partial charge is 0.306 e. The number of allylic oxidation sites excluding steroid dienone is 4. The molecule has 0 spiro atoms. The molecule has 7 heteroatoms. The number of carbonyl (C=O) groups is 3. The second-order valence-corrected chi connectivity index (χ2v) is 7.16. The average molecular weight is 369 g/mol. The van der Waals surface area contributed by atoms with Crippen molar-refractivity contribution >= 4 is 17.9 Å². The van der Waals surface area contributed by atoms with Gasteiger partial charge in [-0.05, 0) is 25.7 Å². The van der Waals surface area contributed by atoms with E-state index in [1.54, 1.807) is 0 Å². The minimum Gasteiger partial charge on any atom is -0.550 e. The summed E-state index contributed by atoms with van der Waals surface area (Å²) in [6, 6.07) is 0. The Morgan fingerprint density at radius 1 is 1.04 bits per heavy atom. The van der Waals surface area contributed by atoms with Gasteiger partial charge in [-0.15, -0.1) is 0 Å². The lowest BCUT2D eigenvalue weighted by Crippen LogP contribution is -2.45. The normalized spacial score (nSPS) is 13.2. The number of carbonyl (C=O) groups excluding carboxylic acids is 2. The molecule has 0 saturated carbocycles. The van der Waals surface area contributed by atoms with E-state index >= 15 is 0 Å². The SMILES string of the molecule is C[N+](C)(C)CC(CC(=O)[O-])OC(=O)CCC/C=C/C/C=C/CCC(=O)O. The number of unbranched alkanes of at least 4 members (excludes halogenated alkanes) is 1. The predicted molar refractivity (Wildman–Crippen MR) is 96.0 cm³/mol. The maximum Gasteiger partial charge on any atom is 0.306 e. The van der Waals surface area contributed by atoms with E-state index < -0.39 is 24.0 Å². The zero-order valence-corrected chi connectivity index (χ0v) is 16.0. The van der Waals surface area contributed by atoms with Crippen molar-refractivity contribution in [1.82, 2.24) is 0 Å². The summed E-state index contributed by atoms with van der Waals surface area (Å²) in [5.74, 6) is -2.43. The average Bonchev–Trinajstić information content (AvgIpc) is 2.46. The molecule has 0 fully saturated rings. The number of hydrogen-bond donors (Lipinski definition) is 1. The molecule has 7 nitrogen and oxygen atoms in total. The highest BCUT2D eigenvalue weighted by Crippen LogP contribution is 2.08. The number of likely N-dealkylation sites (N-methyl/N-ethyl adjacent to an activating group) is 1. The van der Waals surface area contributed by atoms with Gasteiger partial charge in [0.15, 0.2) is 6.10 Å². The largest absolute Gasteiger partial charge is 0.550 e. The van der Waals surface area contributed by atoms with Gasteiger partial charge in [0.05, 0.1) is 21.1 Å². The van der Waals surface area contributed by atoms with Crippen LogP contribution in [0.1, 0.15) is 44.9 Å². The fourth-order valence-electron chi connectivity index (χ4n) is 2.26. The molecular formula is C19H31NO6. The lowest BCUT2D eigenvalue weighted by Gasteiger charge is -2.29. The van der Waals surface area contributed by atoms with Gasteiger partial charge in [0, 0.05) is 25.2 Å². The summed E-state index contributed by atoms with van der Waals surface area (Å²) in [4.78, 5) is 33.0. The molecule has 0 aromatic heterocycles. The molecule has 1 N–H and O–H groups in total. The van der Waals surface area contributed by atoms with Crippen LogP contribution in [-0.2, 0) is 19.1 Å². The molecule has 0 aromatic carbocycles. The molecule has 0 aliphatic rings. The van der Waals surface area contributed by atoms with Crippen LogP contribution in [0.2, 0.25) is 0 Å². The van der Waals surface area contributed by atoms with Gasteiger partial charge in [-0.3, -0.25) is 9.59 Å². The fourth-order valence-corrected chi connectivity index (χ4v) is 2.26. The van der Waals surface area contributed by atoms with E-state index in [9.17, 15) is 19.5 Å². The monoisotopic (exact) mass is 369 g/mol. The van der Waals surface area contributed by atoms with Gasteiger partial charge in [0.25, 0.3) is 0 Å². The van der Waals surface area contributed by atoms with Crippen molar-refractivity contribution in [3.63, 3.8) is 0 Å². The number of aliphatic carboxylic acids is 2. The minimum atomic E-state index is -1.23. The Morgan fingerprint density at radius 3 is 2.19 bits per heavy atom. The van der Waals surface area contributed by atoms with Gasteiger partial charge < -0.3 is 24.2 Å². The van der Waals surface area contributed by atoms with E-state index in [1.807, 2.05) is 45.4 Å². The molecule has 1 atom stereocenters. The Hall–Kier alpha value is -2.15. The number of esters is 1. The van der Waals surface area contributed by atoms with Gasteiger partial charge in [-0.1, -0.05) is 24.3 Å². The van der Waals surface area contributed by atoms with Crippen LogP contribution in [0.3, 0.4) is 0 Å². The maximum absolute atomic E-state index is 11.9. The number of rotatable bonds is 14. The highest BCUT2D eigenvalue weighted by Gasteiger charge is 2.22. The molecule has 148 valence electrons. The third-order valence-corrected chi connectivity index (χ3v) is 3.33. The molecule has 0 aromatic rings. The zero-order valence-electron chi connectivity index (χ0n) is 16.0. The lowest BCUT2D eigenvalue weighted by atomic mass is 10.2. The molecule has 0 amide bonds. The summed E-state index contributed by atoms with van der Waals surface area (Å²) >= 11 is 0. The third-order valence-electron chi connectivity index (χ3n) is 3.33. The summed E-state index contributed by atoms with van der Waals surface area (Å²) in [5.41, 5.74) is 0. The number of nitrogens with zero attached hydrogens (tertiary/aromatic N) is 1. The Bertz CT molecular complexity index is 505. The van der Waals surface area contributed by atoms with E-state index in [-0.39, 0.29) is 19.3 Å². The Balaban J connectivity index is 3.99. The van der Waals surface area contributed by atoms with Crippen LogP contribution in [0.25, 0.3) is 0 Å². The summed E-state index contributed by atoms with van der Waals surface area (Å²) in [6.45, 7) is 0.411. The zero-order chi connectivity index (χ0) is 20.0. The van der Waals surface area contributed by atoms with Crippen molar-refractivity contribution < 1.29 is 33.8 Å². The van der Waals surface area contributed by atoms with Crippen molar-refractivity contribution in [2.24, 2.45) is 0 Å². The number of quaternary nitrogens is 1. The van der Waals surface area contributed by atoms with Crippen molar-refractivity contribution in [3.8, 4) is 0 Å². The molecule has 0 heterocycles. The second kappa shape index (κ2) is 13.1. The van der Waals surface area contributed by atoms with E-state index in [1.165, 1.54) is 0 Å². The minimum absolute atomic E-state index is 0.134. The highest BCUT2D eigenvalue weighted by molar-refractivity contribution is 5.70. The first-order valence-corrected chi connectivity index (χ1v) is 8.81. The third kappa shape index (κ3) is 16.7. The van der Waals surface area contributed by atoms with Crippen LogP contribution >= 0.6 is 0 Å². The quantitative estimate of drug-likeness (QED) is 0.214. The van der Waals surface area contributed by atoms with Crippen molar-refractivity contribution in [1.29, 1.82) is 0 Å². The number of hydrogen-bond acceptors (Lipinski definition) is 5. The van der Waals surface area contributed by atoms with Crippen LogP contribution in [0.5, 0.6) is 0 Å². The Morgan fingerprint density at radius 2 is 1.65 bits per heavy atom. The first kappa shape index (κ1) is 23.9. The molecule has 26 heavy (non-hydrogen) atoms. The van der Waals surface area contributed by atoms with Gasteiger partial charge in [-0.25, -0.2) is 0 Å². The Labute approximate surface area is 155 Å². The number of carboxylic acid groups (broad SMARTS) is 2. The first-order valence-electron chi connectivity index (χ1n) is 8.81. The molecule has 0 aliphatic heterocycles. The molecule has 0 aliphatic carbocycles. The van der Waals surface area contributed by atoms with E-state index in [2.05, 4.69) is 0 Å². The Kier molecular flexibility index (Phi) is 12.0. The summed E-state index contributed by atoms with van der Waals surface area (Å²) in [5, 5.41) is 19.3. The van der Waals surface area contributed by atoms with Crippen molar-refractivity contribution in [2.75, 3.05) is 27.7 Å². The lowest BCUT2D eigenvalue weighted by molar-refractivity contribution is -0.873. The van der Waals surface area contributed by atoms with E-state index in [0.717, 1.165) is 12.8 Å².